The second kappa shape index (κ2) is 6.22. The number of hydrogen-bond donors (Lipinski definition) is 0. The first-order valence-corrected chi connectivity index (χ1v) is 6.88. The van der Waals surface area contributed by atoms with Crippen LogP contribution in [0.15, 0.2) is 46.9 Å². The van der Waals surface area contributed by atoms with Gasteiger partial charge in [-0.25, -0.2) is 0 Å². The van der Waals surface area contributed by atoms with Crippen molar-refractivity contribution in [3.63, 3.8) is 0 Å². The number of halogens is 2. The van der Waals surface area contributed by atoms with Crippen molar-refractivity contribution in [3.05, 3.63) is 63.1 Å². The quantitative estimate of drug-likeness (QED) is 0.765. The van der Waals surface area contributed by atoms with Crippen LogP contribution in [0.4, 0.5) is 0 Å². The summed E-state index contributed by atoms with van der Waals surface area (Å²) < 4.78 is 6.11. The molecule has 2 nitrogen and oxygen atoms in total. The maximum atomic E-state index is 12.3. The van der Waals surface area contributed by atoms with Crippen LogP contribution in [0, 0.1) is 0 Å². The molecule has 19 heavy (non-hydrogen) atoms. The third-order valence-corrected chi connectivity index (χ3v) is 3.45. The summed E-state index contributed by atoms with van der Waals surface area (Å²) in [5.74, 6) is 0.577. The highest BCUT2D eigenvalue weighted by Crippen LogP contribution is 2.25. The molecule has 0 aromatic heterocycles. The van der Waals surface area contributed by atoms with Crippen molar-refractivity contribution < 1.29 is 9.53 Å². The first-order valence-electron chi connectivity index (χ1n) is 5.71. The number of benzene rings is 2. The van der Waals surface area contributed by atoms with Crippen LogP contribution in [0.5, 0.6) is 5.75 Å². The minimum absolute atomic E-state index is 0.00613. The molecule has 0 heterocycles. The van der Waals surface area contributed by atoms with Crippen LogP contribution >= 0.6 is 27.5 Å². The van der Waals surface area contributed by atoms with Crippen molar-refractivity contribution in [1.29, 1.82) is 0 Å². The Morgan fingerprint density at radius 2 is 2.05 bits per heavy atom. The van der Waals surface area contributed by atoms with E-state index in [0.717, 1.165) is 10.0 Å². The molecule has 0 saturated carbocycles. The number of ketones is 1. The molecule has 0 radical (unpaired) electrons. The highest BCUT2D eigenvalue weighted by Gasteiger charge is 2.13. The lowest BCUT2D eigenvalue weighted by molar-refractivity contribution is 0.0990. The van der Waals surface area contributed by atoms with E-state index in [1.165, 1.54) is 0 Å². The lowest BCUT2D eigenvalue weighted by Gasteiger charge is -2.08. The Hall–Kier alpha value is -1.32. The van der Waals surface area contributed by atoms with Crippen molar-refractivity contribution in [2.24, 2.45) is 0 Å². The number of methoxy groups -OCH3 is 1. The number of ether oxygens (including phenoxy) is 1. The lowest BCUT2D eigenvalue weighted by atomic mass is 10.0. The topological polar surface area (TPSA) is 26.3 Å². The minimum Gasteiger partial charge on any atom is -0.496 e. The van der Waals surface area contributed by atoms with Crippen molar-refractivity contribution in [1.82, 2.24) is 0 Å². The molecule has 0 atom stereocenters. The molecule has 2 aromatic carbocycles. The number of Topliss-reactive ketones (excluding diaryl/α,β-unsaturated/α-hetero) is 1. The highest BCUT2D eigenvalue weighted by atomic mass is 79.9. The zero-order valence-corrected chi connectivity index (χ0v) is 12.7. The smallest absolute Gasteiger partial charge is 0.170 e. The Kier molecular flexibility index (Phi) is 4.61. The molecule has 0 aliphatic heterocycles. The Morgan fingerprint density at radius 1 is 1.26 bits per heavy atom. The average Bonchev–Trinajstić information content (AvgIpc) is 2.38. The van der Waals surface area contributed by atoms with Crippen molar-refractivity contribution in [2.45, 2.75) is 6.42 Å². The largest absolute Gasteiger partial charge is 0.496 e. The van der Waals surface area contributed by atoms with Crippen LogP contribution in [0.3, 0.4) is 0 Å². The summed E-state index contributed by atoms with van der Waals surface area (Å²) in [6.45, 7) is 0. The molecule has 0 fully saturated rings. The van der Waals surface area contributed by atoms with Crippen molar-refractivity contribution >= 4 is 33.3 Å². The Labute approximate surface area is 125 Å². The minimum atomic E-state index is 0.00613. The van der Waals surface area contributed by atoms with E-state index in [1.54, 1.807) is 31.4 Å². The average molecular weight is 340 g/mol. The third-order valence-electron chi connectivity index (χ3n) is 2.72. The zero-order chi connectivity index (χ0) is 13.8. The Balaban J connectivity index is 2.25. The molecule has 0 saturated heterocycles. The summed E-state index contributed by atoms with van der Waals surface area (Å²) in [5.41, 5.74) is 1.47. The van der Waals surface area contributed by atoms with Gasteiger partial charge in [-0.2, -0.15) is 0 Å². The van der Waals surface area contributed by atoms with Crippen LogP contribution in [-0.2, 0) is 6.42 Å². The summed E-state index contributed by atoms with van der Waals surface area (Å²) in [6, 6.07) is 12.7. The van der Waals surface area contributed by atoms with Gasteiger partial charge in [-0.1, -0.05) is 39.7 Å². The number of carbonyl (C=O) groups is 1. The Bertz CT molecular complexity index is 611. The van der Waals surface area contributed by atoms with E-state index >= 15 is 0 Å². The van der Waals surface area contributed by atoms with E-state index in [0.29, 0.717) is 22.8 Å². The molecule has 0 N–H and O–H groups in total. The summed E-state index contributed by atoms with van der Waals surface area (Å²) in [5, 5.41) is 0.632. The van der Waals surface area contributed by atoms with E-state index < -0.39 is 0 Å². The first kappa shape index (κ1) is 14.1. The molecule has 0 aliphatic rings. The van der Waals surface area contributed by atoms with Crippen molar-refractivity contribution in [3.8, 4) is 5.75 Å². The van der Waals surface area contributed by atoms with Crippen LogP contribution in [-0.4, -0.2) is 12.9 Å². The van der Waals surface area contributed by atoms with Gasteiger partial charge in [0, 0.05) is 15.9 Å². The molecule has 4 heteroatoms. The molecule has 0 unspecified atom stereocenters. The number of hydrogen-bond acceptors (Lipinski definition) is 2. The summed E-state index contributed by atoms with van der Waals surface area (Å²) in [4.78, 5) is 12.3. The standard InChI is InChI=1S/C15H12BrClO2/c1-19-15-9-11(16)5-6-13(15)14(18)8-10-3-2-4-12(17)7-10/h2-7,9H,8H2,1H3. The lowest BCUT2D eigenvalue weighted by Crippen LogP contribution is -2.05. The van der Waals surface area contributed by atoms with Crippen LogP contribution in [0.25, 0.3) is 0 Å². The van der Waals surface area contributed by atoms with E-state index in [1.807, 2.05) is 18.2 Å². The highest BCUT2D eigenvalue weighted by molar-refractivity contribution is 9.10. The Morgan fingerprint density at radius 3 is 2.74 bits per heavy atom. The van der Waals surface area contributed by atoms with Gasteiger partial charge in [0.2, 0.25) is 0 Å². The third kappa shape index (κ3) is 3.58. The van der Waals surface area contributed by atoms with E-state index in [4.69, 9.17) is 16.3 Å². The zero-order valence-electron chi connectivity index (χ0n) is 10.3. The maximum absolute atomic E-state index is 12.3. The van der Waals surface area contributed by atoms with Crippen LogP contribution in [0.2, 0.25) is 5.02 Å². The molecule has 98 valence electrons. The van der Waals surface area contributed by atoms with Gasteiger partial charge in [-0.3, -0.25) is 4.79 Å². The molecule has 0 spiro atoms. The van der Waals surface area contributed by atoms with Gasteiger partial charge < -0.3 is 4.74 Å². The maximum Gasteiger partial charge on any atom is 0.170 e. The van der Waals surface area contributed by atoms with Gasteiger partial charge in [-0.15, -0.1) is 0 Å². The normalized spacial score (nSPS) is 10.3. The fourth-order valence-electron chi connectivity index (χ4n) is 1.82. The molecule has 0 amide bonds. The summed E-state index contributed by atoms with van der Waals surface area (Å²) >= 11 is 9.27. The van der Waals surface area contributed by atoms with Gasteiger partial charge in [0.1, 0.15) is 5.75 Å². The second-order valence-corrected chi connectivity index (χ2v) is 5.43. The number of carbonyl (C=O) groups excluding carboxylic acids is 1. The van der Waals surface area contributed by atoms with E-state index in [2.05, 4.69) is 15.9 Å². The second-order valence-electron chi connectivity index (χ2n) is 4.07. The predicted molar refractivity (Wildman–Crippen MR) is 80.2 cm³/mol. The van der Waals surface area contributed by atoms with Crippen LogP contribution in [0.1, 0.15) is 15.9 Å². The predicted octanol–water partition coefficient (Wildman–Crippen LogP) is 4.54. The monoisotopic (exact) mass is 338 g/mol. The molecular weight excluding hydrogens is 328 g/mol. The SMILES string of the molecule is COc1cc(Br)ccc1C(=O)Cc1cccc(Cl)c1. The van der Waals surface area contributed by atoms with Crippen molar-refractivity contribution in [2.75, 3.05) is 7.11 Å². The fraction of sp³-hybridized carbons (Fsp3) is 0.133. The molecular formula is C15H12BrClO2. The fourth-order valence-corrected chi connectivity index (χ4v) is 2.38. The van der Waals surface area contributed by atoms with Gasteiger partial charge in [0.25, 0.3) is 0 Å². The van der Waals surface area contributed by atoms with Gasteiger partial charge in [0.15, 0.2) is 5.78 Å². The molecule has 0 aliphatic carbocycles. The molecule has 2 rings (SSSR count). The van der Waals surface area contributed by atoms with Gasteiger partial charge in [0.05, 0.1) is 12.7 Å². The summed E-state index contributed by atoms with van der Waals surface area (Å²) in [6.07, 6.45) is 0.304. The van der Waals surface area contributed by atoms with Gasteiger partial charge in [-0.05, 0) is 35.9 Å². The summed E-state index contributed by atoms with van der Waals surface area (Å²) in [7, 11) is 1.55. The molecule has 0 bridgehead atoms. The molecule has 2 aromatic rings. The number of rotatable bonds is 4. The van der Waals surface area contributed by atoms with E-state index in [-0.39, 0.29) is 5.78 Å². The van der Waals surface area contributed by atoms with E-state index in [9.17, 15) is 4.79 Å². The van der Waals surface area contributed by atoms with Crippen LogP contribution < -0.4 is 4.74 Å². The first-order chi connectivity index (χ1) is 9.10. The van der Waals surface area contributed by atoms with Gasteiger partial charge >= 0.3 is 0 Å².